The summed E-state index contributed by atoms with van der Waals surface area (Å²) < 4.78 is 14.3. The van der Waals surface area contributed by atoms with E-state index in [0.717, 1.165) is 0 Å². The molecule has 1 aromatic carbocycles. The zero-order valence-electron chi connectivity index (χ0n) is 8.22. The minimum absolute atomic E-state index is 0.0248. The predicted octanol–water partition coefficient (Wildman–Crippen LogP) is 0.693. The van der Waals surface area contributed by atoms with Gasteiger partial charge in [-0.15, -0.1) is 5.10 Å². The van der Waals surface area contributed by atoms with E-state index in [1.54, 1.807) is 6.07 Å². The number of nitrogens with zero attached hydrogens (tertiary/aromatic N) is 2. The van der Waals surface area contributed by atoms with Gasteiger partial charge in [-0.1, -0.05) is 6.07 Å². The number of amides is 1. The Morgan fingerprint density at radius 2 is 2.19 bits per heavy atom. The van der Waals surface area contributed by atoms with E-state index in [9.17, 15) is 9.18 Å². The SMILES string of the molecule is NC(=O)c1cn(-c2cccc(F)c2)nc1N. The number of carbonyl (C=O) groups is 1. The molecular formula is C10H9FN4O. The first-order chi connectivity index (χ1) is 7.58. The van der Waals surface area contributed by atoms with Crippen molar-refractivity contribution < 1.29 is 9.18 Å². The van der Waals surface area contributed by atoms with Gasteiger partial charge in [0, 0.05) is 6.20 Å². The number of anilines is 1. The van der Waals surface area contributed by atoms with Crippen LogP contribution in [0.1, 0.15) is 10.4 Å². The molecule has 1 heterocycles. The van der Waals surface area contributed by atoms with Crippen LogP contribution in [0.3, 0.4) is 0 Å². The fraction of sp³-hybridized carbons (Fsp3) is 0. The highest BCUT2D eigenvalue weighted by Crippen LogP contribution is 2.14. The summed E-state index contributed by atoms with van der Waals surface area (Å²) in [5.41, 5.74) is 11.2. The van der Waals surface area contributed by atoms with Crippen molar-refractivity contribution in [2.45, 2.75) is 0 Å². The molecule has 0 spiro atoms. The van der Waals surface area contributed by atoms with Crippen molar-refractivity contribution >= 4 is 11.7 Å². The first-order valence-electron chi connectivity index (χ1n) is 4.49. The highest BCUT2D eigenvalue weighted by molar-refractivity contribution is 5.96. The van der Waals surface area contributed by atoms with Gasteiger partial charge in [0.05, 0.1) is 5.69 Å². The van der Waals surface area contributed by atoms with Crippen LogP contribution in [0.25, 0.3) is 5.69 Å². The second-order valence-corrected chi connectivity index (χ2v) is 3.22. The lowest BCUT2D eigenvalue weighted by atomic mass is 10.3. The Balaban J connectivity index is 2.49. The molecule has 2 aromatic rings. The summed E-state index contributed by atoms with van der Waals surface area (Å²) in [7, 11) is 0. The predicted molar refractivity (Wildman–Crippen MR) is 56.5 cm³/mol. The van der Waals surface area contributed by atoms with Gasteiger partial charge in [-0.2, -0.15) is 0 Å². The van der Waals surface area contributed by atoms with Gasteiger partial charge in [0.1, 0.15) is 11.4 Å². The van der Waals surface area contributed by atoms with Crippen molar-refractivity contribution in [1.29, 1.82) is 0 Å². The van der Waals surface area contributed by atoms with Gasteiger partial charge in [0.15, 0.2) is 5.82 Å². The molecule has 0 bridgehead atoms. The fourth-order valence-corrected chi connectivity index (χ4v) is 1.33. The van der Waals surface area contributed by atoms with Crippen LogP contribution in [0.4, 0.5) is 10.2 Å². The molecule has 0 saturated heterocycles. The zero-order valence-corrected chi connectivity index (χ0v) is 8.22. The molecule has 16 heavy (non-hydrogen) atoms. The molecule has 0 unspecified atom stereocenters. The minimum Gasteiger partial charge on any atom is -0.382 e. The molecule has 6 heteroatoms. The third kappa shape index (κ3) is 1.72. The van der Waals surface area contributed by atoms with Crippen LogP contribution in [-0.4, -0.2) is 15.7 Å². The molecular weight excluding hydrogens is 211 g/mol. The maximum atomic E-state index is 13.0. The van der Waals surface area contributed by atoms with Gasteiger partial charge in [-0.3, -0.25) is 4.79 Å². The topological polar surface area (TPSA) is 86.9 Å². The number of carbonyl (C=O) groups excluding carboxylic acids is 1. The van der Waals surface area contributed by atoms with Gasteiger partial charge >= 0.3 is 0 Å². The van der Waals surface area contributed by atoms with Crippen LogP contribution in [0.15, 0.2) is 30.5 Å². The highest BCUT2D eigenvalue weighted by atomic mass is 19.1. The van der Waals surface area contributed by atoms with Crippen LogP contribution in [-0.2, 0) is 0 Å². The second-order valence-electron chi connectivity index (χ2n) is 3.22. The monoisotopic (exact) mass is 220 g/mol. The summed E-state index contributed by atoms with van der Waals surface area (Å²) in [6.45, 7) is 0. The van der Waals surface area contributed by atoms with Crippen LogP contribution >= 0.6 is 0 Å². The molecule has 0 aliphatic rings. The summed E-state index contributed by atoms with van der Waals surface area (Å²) in [6.07, 6.45) is 1.37. The molecule has 0 fully saturated rings. The Morgan fingerprint density at radius 3 is 2.75 bits per heavy atom. The Kier molecular flexibility index (Phi) is 2.32. The number of hydrogen-bond acceptors (Lipinski definition) is 3. The molecule has 82 valence electrons. The summed E-state index contributed by atoms with van der Waals surface area (Å²) in [4.78, 5) is 10.9. The molecule has 1 aromatic heterocycles. The highest BCUT2D eigenvalue weighted by Gasteiger charge is 2.11. The summed E-state index contributed by atoms with van der Waals surface area (Å²) in [5.74, 6) is -1.04. The third-order valence-corrected chi connectivity index (χ3v) is 2.08. The number of rotatable bonds is 2. The van der Waals surface area contributed by atoms with Gasteiger partial charge in [0.2, 0.25) is 0 Å². The Hall–Kier alpha value is -2.37. The second kappa shape index (κ2) is 3.65. The molecule has 0 radical (unpaired) electrons. The van der Waals surface area contributed by atoms with Crippen LogP contribution in [0.2, 0.25) is 0 Å². The van der Waals surface area contributed by atoms with Crippen molar-refractivity contribution in [3.8, 4) is 5.69 Å². The summed E-state index contributed by atoms with van der Waals surface area (Å²) in [6, 6.07) is 5.76. The van der Waals surface area contributed by atoms with Crippen LogP contribution in [0, 0.1) is 5.82 Å². The standard InChI is InChI=1S/C10H9FN4O/c11-6-2-1-3-7(4-6)15-5-8(10(13)16)9(12)14-15/h1-5H,(H2,12,14)(H2,13,16). The average molecular weight is 220 g/mol. The van der Waals surface area contributed by atoms with Gasteiger partial charge < -0.3 is 11.5 Å². The molecule has 0 saturated carbocycles. The van der Waals surface area contributed by atoms with E-state index in [0.29, 0.717) is 5.69 Å². The molecule has 0 atom stereocenters. The lowest BCUT2D eigenvalue weighted by molar-refractivity contribution is 0.100. The normalized spacial score (nSPS) is 10.3. The number of nitrogen functional groups attached to an aromatic ring is 1. The Bertz CT molecular complexity index is 550. The zero-order chi connectivity index (χ0) is 11.7. The number of hydrogen-bond donors (Lipinski definition) is 2. The smallest absolute Gasteiger partial charge is 0.254 e. The number of nitrogens with two attached hydrogens (primary N) is 2. The molecule has 2 rings (SSSR count). The number of aromatic nitrogens is 2. The lowest BCUT2D eigenvalue weighted by Gasteiger charge is -1.99. The first-order valence-corrected chi connectivity index (χ1v) is 4.49. The quantitative estimate of drug-likeness (QED) is 0.780. The van der Waals surface area contributed by atoms with E-state index in [1.165, 1.54) is 29.1 Å². The molecule has 0 aliphatic heterocycles. The van der Waals surface area contributed by atoms with E-state index < -0.39 is 11.7 Å². The lowest BCUT2D eigenvalue weighted by Crippen LogP contribution is -2.11. The van der Waals surface area contributed by atoms with Crippen molar-refractivity contribution in [3.63, 3.8) is 0 Å². The Morgan fingerprint density at radius 1 is 1.44 bits per heavy atom. The van der Waals surface area contributed by atoms with E-state index >= 15 is 0 Å². The van der Waals surface area contributed by atoms with Crippen LogP contribution in [0.5, 0.6) is 0 Å². The van der Waals surface area contributed by atoms with Crippen molar-refractivity contribution in [2.75, 3.05) is 5.73 Å². The number of primary amides is 1. The van der Waals surface area contributed by atoms with E-state index in [4.69, 9.17) is 11.5 Å². The first kappa shape index (κ1) is 10.2. The maximum absolute atomic E-state index is 13.0. The van der Waals surface area contributed by atoms with E-state index in [-0.39, 0.29) is 11.4 Å². The average Bonchev–Trinajstić information content (AvgIpc) is 2.60. The van der Waals surface area contributed by atoms with Gasteiger partial charge in [-0.05, 0) is 18.2 Å². The van der Waals surface area contributed by atoms with Gasteiger partial charge in [0.25, 0.3) is 5.91 Å². The van der Waals surface area contributed by atoms with Crippen molar-refractivity contribution in [1.82, 2.24) is 9.78 Å². The molecule has 1 amide bonds. The third-order valence-electron chi connectivity index (χ3n) is 2.08. The van der Waals surface area contributed by atoms with E-state index in [2.05, 4.69) is 5.10 Å². The van der Waals surface area contributed by atoms with E-state index in [1.807, 2.05) is 0 Å². The van der Waals surface area contributed by atoms with Gasteiger partial charge in [-0.25, -0.2) is 9.07 Å². The molecule has 0 aliphatic carbocycles. The van der Waals surface area contributed by atoms with Crippen molar-refractivity contribution in [2.24, 2.45) is 5.73 Å². The fourth-order valence-electron chi connectivity index (χ4n) is 1.33. The minimum atomic E-state index is -0.667. The molecule has 4 N–H and O–H groups in total. The number of benzene rings is 1. The summed E-state index contributed by atoms with van der Waals surface area (Å²) in [5, 5.41) is 3.87. The van der Waals surface area contributed by atoms with Crippen molar-refractivity contribution in [3.05, 3.63) is 41.8 Å². The van der Waals surface area contributed by atoms with Crippen LogP contribution < -0.4 is 11.5 Å². The molecule has 5 nitrogen and oxygen atoms in total. The largest absolute Gasteiger partial charge is 0.382 e. The number of halogens is 1. The summed E-state index contributed by atoms with van der Waals surface area (Å²) >= 11 is 0. The maximum Gasteiger partial charge on any atom is 0.254 e. The Labute approximate surface area is 90.5 Å².